The highest BCUT2D eigenvalue weighted by atomic mass is 28.4. The molecule has 0 bridgehead atoms. The maximum absolute atomic E-state index is 5.80. The van der Waals surface area contributed by atoms with Gasteiger partial charge in [0.15, 0.2) is 16.8 Å². The van der Waals surface area contributed by atoms with Crippen molar-refractivity contribution in [1.29, 1.82) is 0 Å². The Morgan fingerprint density at radius 1 is 0.889 bits per heavy atom. The molecule has 3 nitrogen and oxygen atoms in total. The lowest BCUT2D eigenvalue weighted by Crippen LogP contribution is -2.68. The first-order chi connectivity index (χ1) is 3.71. The first kappa shape index (κ1) is 9.31. The van der Waals surface area contributed by atoms with E-state index in [1.165, 1.54) is 0 Å². The van der Waals surface area contributed by atoms with Gasteiger partial charge in [0.2, 0.25) is 0 Å². The highest BCUT2D eigenvalue weighted by molar-refractivity contribution is 6.88. The summed E-state index contributed by atoms with van der Waals surface area (Å²) >= 11 is 0. The van der Waals surface area contributed by atoms with Crippen LogP contribution in [0.5, 0.6) is 0 Å². The molecule has 56 valence electrons. The minimum Gasteiger partial charge on any atom is -0.340 e. The molecule has 0 aliphatic carbocycles. The van der Waals surface area contributed by atoms with Crippen molar-refractivity contribution in [3.63, 3.8) is 0 Å². The fraction of sp³-hybridized carbons (Fsp3) is 1.00. The lowest BCUT2D eigenvalue weighted by molar-refractivity contribution is 1.25. The molecule has 0 unspecified atom stereocenters. The summed E-state index contributed by atoms with van der Waals surface area (Å²) in [7, 11) is -3.21. The highest BCUT2D eigenvalue weighted by Crippen LogP contribution is 1.91. The number of rotatable bonds is 2. The summed E-state index contributed by atoms with van der Waals surface area (Å²) < 4.78 is 3.29. The quantitative estimate of drug-likeness (QED) is 0.498. The van der Waals surface area contributed by atoms with E-state index in [9.17, 15) is 0 Å². The fourth-order valence-corrected chi connectivity index (χ4v) is 7.47. The van der Waals surface area contributed by atoms with Crippen LogP contribution in [0.1, 0.15) is 0 Å². The van der Waals surface area contributed by atoms with E-state index in [-0.39, 0.29) is 0 Å². The minimum absolute atomic E-state index is 1.61. The Bertz CT molecular complexity index is 79.0. The van der Waals surface area contributed by atoms with Gasteiger partial charge in [-0.15, -0.1) is 0 Å². The van der Waals surface area contributed by atoms with E-state index in [4.69, 9.17) is 10.8 Å². The van der Waals surface area contributed by atoms with Crippen molar-refractivity contribution in [3.05, 3.63) is 0 Å². The summed E-state index contributed by atoms with van der Waals surface area (Å²) in [6.45, 7) is 8.20. The van der Waals surface area contributed by atoms with Crippen molar-refractivity contribution in [2.45, 2.75) is 26.2 Å². The third-order valence-corrected chi connectivity index (χ3v) is 5.80. The average molecular weight is 163 g/mol. The van der Waals surface area contributed by atoms with Crippen molar-refractivity contribution in [2.24, 2.45) is 10.8 Å². The van der Waals surface area contributed by atoms with Crippen LogP contribution < -0.4 is 15.4 Å². The van der Waals surface area contributed by atoms with Crippen LogP contribution in [0, 0.1) is 0 Å². The predicted molar refractivity (Wildman–Crippen MR) is 46.5 cm³/mol. The zero-order chi connectivity index (χ0) is 7.71. The zero-order valence-corrected chi connectivity index (χ0v) is 8.65. The molecule has 0 atom stereocenters. The largest absolute Gasteiger partial charge is 0.340 e. The molecule has 9 heavy (non-hydrogen) atoms. The standard InChI is InChI=1S/C4H17N3Si2/c1-8(2,5)7-9(3,4)6/h7H,5-6H2,1-4H3. The molecular formula is C4H17N3Si2. The number of nitrogens with two attached hydrogens (primary N) is 2. The van der Waals surface area contributed by atoms with Gasteiger partial charge in [-0.2, -0.15) is 0 Å². The van der Waals surface area contributed by atoms with E-state index in [0.29, 0.717) is 0 Å². The molecule has 0 aromatic carbocycles. The SMILES string of the molecule is C[Si](C)(N)N[Si](C)(C)N. The number of hydrogen-bond acceptors (Lipinski definition) is 3. The molecular weight excluding hydrogens is 146 g/mol. The molecule has 0 heterocycles. The van der Waals surface area contributed by atoms with Gasteiger partial charge in [0.05, 0.1) is 0 Å². The van der Waals surface area contributed by atoms with Gasteiger partial charge in [-0.25, -0.2) is 0 Å². The van der Waals surface area contributed by atoms with E-state index in [1.807, 2.05) is 0 Å². The van der Waals surface area contributed by atoms with Crippen molar-refractivity contribution in [1.82, 2.24) is 4.65 Å². The maximum Gasteiger partial charge on any atom is 0.186 e. The van der Waals surface area contributed by atoms with Gasteiger partial charge in [0, 0.05) is 0 Å². The molecule has 0 rings (SSSR count). The Morgan fingerprint density at radius 3 is 1.11 bits per heavy atom. The summed E-state index contributed by atoms with van der Waals surface area (Å²) in [5, 5.41) is 11.6. The molecule has 0 aromatic heterocycles. The van der Waals surface area contributed by atoms with E-state index in [2.05, 4.69) is 30.8 Å². The summed E-state index contributed by atoms with van der Waals surface area (Å²) in [4.78, 5) is 0. The third kappa shape index (κ3) is 8.31. The lowest BCUT2D eigenvalue weighted by Gasteiger charge is -2.27. The molecule has 0 saturated heterocycles. The van der Waals surface area contributed by atoms with Crippen molar-refractivity contribution >= 4 is 16.8 Å². The topological polar surface area (TPSA) is 64.1 Å². The first-order valence-electron chi connectivity index (χ1n) is 3.08. The Morgan fingerprint density at radius 2 is 1.11 bits per heavy atom. The van der Waals surface area contributed by atoms with Crippen molar-refractivity contribution in [2.75, 3.05) is 0 Å². The van der Waals surface area contributed by atoms with Crippen molar-refractivity contribution in [3.8, 4) is 0 Å². The van der Waals surface area contributed by atoms with Gasteiger partial charge in [-0.1, -0.05) is 0 Å². The third-order valence-electron chi connectivity index (χ3n) is 0.644. The lowest BCUT2D eigenvalue weighted by atomic mass is 11.9. The number of hydrogen-bond donors (Lipinski definition) is 3. The van der Waals surface area contributed by atoms with Gasteiger partial charge in [-0.3, -0.25) is 0 Å². The molecule has 0 aliphatic rings. The second kappa shape index (κ2) is 2.51. The molecule has 0 fully saturated rings. The normalized spacial score (nSPS) is 14.0. The smallest absolute Gasteiger partial charge is 0.186 e. The van der Waals surface area contributed by atoms with E-state index >= 15 is 0 Å². The van der Waals surface area contributed by atoms with Gasteiger partial charge >= 0.3 is 0 Å². The van der Waals surface area contributed by atoms with Crippen LogP contribution in [-0.4, -0.2) is 16.8 Å². The van der Waals surface area contributed by atoms with Gasteiger partial charge in [0.25, 0.3) is 0 Å². The van der Waals surface area contributed by atoms with Crippen LogP contribution in [0.4, 0.5) is 0 Å². The summed E-state index contributed by atoms with van der Waals surface area (Å²) in [6, 6.07) is 0. The maximum atomic E-state index is 5.80. The Kier molecular flexibility index (Phi) is 2.60. The van der Waals surface area contributed by atoms with Crippen LogP contribution in [0.25, 0.3) is 0 Å². The number of nitrogens with one attached hydrogen (secondary N) is 1. The zero-order valence-electron chi connectivity index (χ0n) is 6.65. The molecule has 5 heteroatoms. The van der Waals surface area contributed by atoms with E-state index in [0.717, 1.165) is 0 Å². The molecule has 0 saturated carbocycles. The van der Waals surface area contributed by atoms with Crippen LogP contribution in [0.15, 0.2) is 0 Å². The Hall–Kier alpha value is 0.314. The average Bonchev–Trinajstić information content (AvgIpc) is 1.14. The van der Waals surface area contributed by atoms with Gasteiger partial charge in [-0.05, 0) is 26.2 Å². The fourth-order valence-electron chi connectivity index (χ4n) is 0.830. The van der Waals surface area contributed by atoms with Crippen LogP contribution in [-0.2, 0) is 0 Å². The van der Waals surface area contributed by atoms with Crippen LogP contribution in [0.3, 0.4) is 0 Å². The molecule has 5 N–H and O–H groups in total. The Labute approximate surface area is 59.1 Å². The molecule has 0 amide bonds. The van der Waals surface area contributed by atoms with Gasteiger partial charge in [0.1, 0.15) is 0 Å². The summed E-state index contributed by atoms with van der Waals surface area (Å²) in [5.41, 5.74) is 0. The summed E-state index contributed by atoms with van der Waals surface area (Å²) in [6.07, 6.45) is 0. The van der Waals surface area contributed by atoms with E-state index in [1.54, 1.807) is 0 Å². The second-order valence-corrected chi connectivity index (χ2v) is 11.5. The first-order valence-corrected chi connectivity index (χ1v) is 9.23. The van der Waals surface area contributed by atoms with Crippen LogP contribution >= 0.6 is 0 Å². The molecule has 0 aromatic rings. The monoisotopic (exact) mass is 163 g/mol. The summed E-state index contributed by atoms with van der Waals surface area (Å²) in [5.74, 6) is 0. The molecule has 0 spiro atoms. The predicted octanol–water partition coefficient (Wildman–Crippen LogP) is -0.103. The van der Waals surface area contributed by atoms with Crippen LogP contribution in [0.2, 0.25) is 26.2 Å². The van der Waals surface area contributed by atoms with Crippen molar-refractivity contribution < 1.29 is 0 Å². The Balaban J connectivity index is 3.75. The molecule has 0 aliphatic heterocycles. The highest BCUT2D eigenvalue weighted by Gasteiger charge is 2.24. The van der Waals surface area contributed by atoms with Gasteiger partial charge < -0.3 is 15.4 Å². The second-order valence-electron chi connectivity index (χ2n) is 3.57. The van der Waals surface area contributed by atoms with E-state index < -0.39 is 16.8 Å². The molecule has 0 radical (unpaired) electrons. The minimum atomic E-state index is -1.61.